The van der Waals surface area contributed by atoms with E-state index in [9.17, 15) is 4.79 Å². The zero-order chi connectivity index (χ0) is 12.1. The van der Waals surface area contributed by atoms with E-state index in [4.69, 9.17) is 0 Å². The molecule has 0 atom stereocenters. The lowest BCUT2D eigenvalue weighted by Gasteiger charge is -2.06. The summed E-state index contributed by atoms with van der Waals surface area (Å²) in [7, 11) is 0. The molecule has 0 saturated carbocycles. The third-order valence-corrected chi connectivity index (χ3v) is 2.38. The van der Waals surface area contributed by atoms with Crippen LogP contribution < -0.4 is 16.0 Å². The van der Waals surface area contributed by atoms with Gasteiger partial charge in [-0.05, 0) is 45.4 Å². The van der Waals surface area contributed by atoms with E-state index in [0.717, 1.165) is 39.1 Å². The highest BCUT2D eigenvalue weighted by molar-refractivity contribution is 5.75. The molecule has 0 aromatic heterocycles. The maximum absolute atomic E-state index is 10.9. The second kappa shape index (κ2) is 12.5. The highest BCUT2D eigenvalue weighted by Gasteiger charge is 1.94. The van der Waals surface area contributed by atoms with E-state index in [1.165, 1.54) is 12.8 Å². The van der Waals surface area contributed by atoms with Crippen molar-refractivity contribution >= 4 is 5.91 Å². The van der Waals surface area contributed by atoms with Gasteiger partial charge in [0.05, 0.1) is 0 Å². The third-order valence-electron chi connectivity index (χ3n) is 2.38. The first-order chi connectivity index (χ1) is 7.81. The van der Waals surface area contributed by atoms with Gasteiger partial charge in [-0.1, -0.05) is 13.8 Å². The molecular formula is C12H27N3O. The number of nitrogens with one attached hydrogen (secondary N) is 3. The van der Waals surface area contributed by atoms with Crippen LogP contribution in [0.25, 0.3) is 0 Å². The minimum Gasteiger partial charge on any atom is -0.356 e. The Hall–Kier alpha value is -0.610. The van der Waals surface area contributed by atoms with Gasteiger partial charge in [-0.25, -0.2) is 0 Å². The van der Waals surface area contributed by atoms with E-state index >= 15 is 0 Å². The number of hydrogen-bond acceptors (Lipinski definition) is 3. The molecule has 4 heteroatoms. The quantitative estimate of drug-likeness (QED) is 0.461. The minimum absolute atomic E-state index is 0.144. The SMILES string of the molecule is CCNCCCCNCCCNC(=O)CC. The van der Waals surface area contributed by atoms with Crippen molar-refractivity contribution in [1.82, 2.24) is 16.0 Å². The van der Waals surface area contributed by atoms with Crippen molar-refractivity contribution in [3.63, 3.8) is 0 Å². The van der Waals surface area contributed by atoms with Crippen molar-refractivity contribution in [2.24, 2.45) is 0 Å². The highest BCUT2D eigenvalue weighted by Crippen LogP contribution is 1.84. The molecule has 0 saturated heterocycles. The van der Waals surface area contributed by atoms with Crippen LogP contribution in [0.5, 0.6) is 0 Å². The molecule has 96 valence electrons. The molecule has 0 aliphatic carbocycles. The lowest BCUT2D eigenvalue weighted by molar-refractivity contribution is -0.120. The van der Waals surface area contributed by atoms with Gasteiger partial charge < -0.3 is 16.0 Å². The molecule has 4 nitrogen and oxygen atoms in total. The van der Waals surface area contributed by atoms with Gasteiger partial charge in [-0.15, -0.1) is 0 Å². The summed E-state index contributed by atoms with van der Waals surface area (Å²) in [6, 6.07) is 0. The molecule has 0 aliphatic rings. The summed E-state index contributed by atoms with van der Waals surface area (Å²) in [5.74, 6) is 0.144. The summed E-state index contributed by atoms with van der Waals surface area (Å²) < 4.78 is 0. The first-order valence-electron chi connectivity index (χ1n) is 6.49. The normalized spacial score (nSPS) is 10.4. The van der Waals surface area contributed by atoms with Crippen LogP contribution in [0.1, 0.15) is 39.5 Å². The van der Waals surface area contributed by atoms with Gasteiger partial charge in [0.1, 0.15) is 0 Å². The summed E-state index contributed by atoms with van der Waals surface area (Å²) in [6.07, 6.45) is 4.04. The smallest absolute Gasteiger partial charge is 0.219 e. The van der Waals surface area contributed by atoms with E-state index in [-0.39, 0.29) is 5.91 Å². The van der Waals surface area contributed by atoms with Gasteiger partial charge in [-0.2, -0.15) is 0 Å². The molecule has 0 aliphatic heterocycles. The molecule has 0 bridgehead atoms. The first kappa shape index (κ1) is 15.4. The molecule has 0 radical (unpaired) electrons. The number of unbranched alkanes of at least 4 members (excludes halogenated alkanes) is 1. The second-order valence-electron chi connectivity index (χ2n) is 3.87. The lowest BCUT2D eigenvalue weighted by Crippen LogP contribution is -2.27. The Morgan fingerprint density at radius 1 is 0.875 bits per heavy atom. The molecule has 0 heterocycles. The van der Waals surface area contributed by atoms with Crippen LogP contribution in [0, 0.1) is 0 Å². The molecule has 0 fully saturated rings. The van der Waals surface area contributed by atoms with Gasteiger partial charge in [0.15, 0.2) is 0 Å². The van der Waals surface area contributed by atoms with Gasteiger partial charge in [0.25, 0.3) is 0 Å². The van der Waals surface area contributed by atoms with Gasteiger partial charge in [-0.3, -0.25) is 4.79 Å². The molecule has 0 rings (SSSR count). The Bertz CT molecular complexity index is 162. The standard InChI is InChI=1S/C12H27N3O/c1-3-12(16)15-11-7-10-14-9-6-5-8-13-4-2/h13-14H,3-11H2,1-2H3,(H,15,16). The lowest BCUT2D eigenvalue weighted by atomic mass is 10.3. The van der Waals surface area contributed by atoms with Crippen molar-refractivity contribution < 1.29 is 4.79 Å². The number of amides is 1. The van der Waals surface area contributed by atoms with E-state index in [1.807, 2.05) is 6.92 Å². The van der Waals surface area contributed by atoms with Gasteiger partial charge in [0, 0.05) is 13.0 Å². The predicted octanol–water partition coefficient (Wildman–Crippen LogP) is 0.882. The summed E-state index contributed by atoms with van der Waals surface area (Å²) >= 11 is 0. The summed E-state index contributed by atoms with van der Waals surface area (Å²) in [5.41, 5.74) is 0. The predicted molar refractivity (Wildman–Crippen MR) is 68.6 cm³/mol. The number of hydrogen-bond donors (Lipinski definition) is 3. The summed E-state index contributed by atoms with van der Waals surface area (Å²) in [4.78, 5) is 10.9. The molecule has 0 spiro atoms. The fraction of sp³-hybridized carbons (Fsp3) is 0.917. The molecular weight excluding hydrogens is 202 g/mol. The fourth-order valence-electron chi connectivity index (χ4n) is 1.37. The molecule has 0 unspecified atom stereocenters. The van der Waals surface area contributed by atoms with Crippen LogP contribution in [-0.4, -0.2) is 38.6 Å². The van der Waals surface area contributed by atoms with Crippen LogP contribution in [0.15, 0.2) is 0 Å². The topological polar surface area (TPSA) is 53.2 Å². The molecule has 0 aromatic rings. The largest absolute Gasteiger partial charge is 0.356 e. The Morgan fingerprint density at radius 3 is 2.12 bits per heavy atom. The highest BCUT2D eigenvalue weighted by atomic mass is 16.1. The minimum atomic E-state index is 0.144. The van der Waals surface area contributed by atoms with Crippen molar-refractivity contribution in [1.29, 1.82) is 0 Å². The third kappa shape index (κ3) is 11.5. The molecule has 1 amide bonds. The number of rotatable bonds is 11. The van der Waals surface area contributed by atoms with E-state index in [0.29, 0.717) is 6.42 Å². The van der Waals surface area contributed by atoms with Gasteiger partial charge >= 0.3 is 0 Å². The van der Waals surface area contributed by atoms with E-state index in [2.05, 4.69) is 22.9 Å². The van der Waals surface area contributed by atoms with Crippen molar-refractivity contribution in [3.8, 4) is 0 Å². The summed E-state index contributed by atoms with van der Waals surface area (Å²) in [5, 5.41) is 9.54. The molecule has 16 heavy (non-hydrogen) atoms. The van der Waals surface area contributed by atoms with Crippen molar-refractivity contribution in [2.45, 2.75) is 39.5 Å². The monoisotopic (exact) mass is 229 g/mol. The first-order valence-corrected chi connectivity index (χ1v) is 6.49. The maximum Gasteiger partial charge on any atom is 0.219 e. The average Bonchev–Trinajstić information content (AvgIpc) is 2.31. The van der Waals surface area contributed by atoms with E-state index < -0.39 is 0 Å². The van der Waals surface area contributed by atoms with Crippen molar-refractivity contribution in [2.75, 3.05) is 32.7 Å². The number of carbonyl (C=O) groups is 1. The van der Waals surface area contributed by atoms with Crippen LogP contribution in [0.3, 0.4) is 0 Å². The summed E-state index contributed by atoms with van der Waals surface area (Å²) in [6.45, 7) is 9.03. The zero-order valence-electron chi connectivity index (χ0n) is 10.8. The van der Waals surface area contributed by atoms with E-state index in [1.54, 1.807) is 0 Å². The zero-order valence-corrected chi connectivity index (χ0v) is 10.8. The average molecular weight is 229 g/mol. The van der Waals surface area contributed by atoms with Crippen LogP contribution in [-0.2, 0) is 4.79 Å². The van der Waals surface area contributed by atoms with Crippen LogP contribution in [0.2, 0.25) is 0 Å². The maximum atomic E-state index is 10.9. The van der Waals surface area contributed by atoms with Crippen LogP contribution in [0.4, 0.5) is 0 Å². The molecule has 3 N–H and O–H groups in total. The second-order valence-corrected chi connectivity index (χ2v) is 3.87. The fourth-order valence-corrected chi connectivity index (χ4v) is 1.37. The Kier molecular flexibility index (Phi) is 12.0. The Balaban J connectivity index is 2.96. The van der Waals surface area contributed by atoms with Crippen LogP contribution >= 0.6 is 0 Å². The van der Waals surface area contributed by atoms with Gasteiger partial charge in [0.2, 0.25) is 5.91 Å². The Morgan fingerprint density at radius 2 is 1.50 bits per heavy atom. The van der Waals surface area contributed by atoms with Crippen molar-refractivity contribution in [3.05, 3.63) is 0 Å². The Labute approximate surface area is 99.6 Å². The molecule has 0 aromatic carbocycles. The number of carbonyl (C=O) groups excluding carboxylic acids is 1.